The Morgan fingerprint density at radius 3 is 2.90 bits per heavy atom. The van der Waals surface area contributed by atoms with Crippen molar-refractivity contribution in [3.8, 4) is 11.5 Å². The number of phenolic OH excluding ortho intramolecular Hbond substituents is 1. The summed E-state index contributed by atoms with van der Waals surface area (Å²) in [5.74, 6) is 0.553. The van der Waals surface area contributed by atoms with Gasteiger partial charge in [-0.1, -0.05) is 11.6 Å². The molecule has 5 heteroatoms. The molecule has 2 N–H and O–H groups in total. The second-order valence-electron chi connectivity index (χ2n) is 5.79. The van der Waals surface area contributed by atoms with Crippen molar-refractivity contribution >= 4 is 11.6 Å². The molecule has 112 valence electrons. The van der Waals surface area contributed by atoms with E-state index >= 15 is 0 Å². The molecule has 1 aromatic carbocycles. The molecule has 0 spiro atoms. The average molecular weight is 300 g/mol. The van der Waals surface area contributed by atoms with Crippen LogP contribution in [0.25, 0.3) is 0 Å². The van der Waals surface area contributed by atoms with E-state index in [0.717, 1.165) is 25.0 Å². The van der Waals surface area contributed by atoms with E-state index in [0.29, 0.717) is 23.4 Å². The Bertz CT molecular complexity index is 476. The second kappa shape index (κ2) is 6.20. The fourth-order valence-corrected chi connectivity index (χ4v) is 2.81. The van der Waals surface area contributed by atoms with Crippen LogP contribution in [-0.2, 0) is 11.3 Å². The van der Waals surface area contributed by atoms with Gasteiger partial charge < -0.3 is 19.9 Å². The van der Waals surface area contributed by atoms with Crippen molar-refractivity contribution in [1.82, 2.24) is 5.32 Å². The zero-order valence-electron chi connectivity index (χ0n) is 12.2. The largest absolute Gasteiger partial charge is 0.504 e. The van der Waals surface area contributed by atoms with Crippen molar-refractivity contribution in [2.24, 2.45) is 0 Å². The van der Waals surface area contributed by atoms with Crippen LogP contribution in [0.3, 0.4) is 0 Å². The molecule has 0 amide bonds. The first-order chi connectivity index (χ1) is 9.41. The maximum atomic E-state index is 10.1. The summed E-state index contributed by atoms with van der Waals surface area (Å²) in [5, 5.41) is 14.1. The number of hydrogen-bond acceptors (Lipinski definition) is 4. The first-order valence-electron chi connectivity index (χ1n) is 6.84. The number of halogens is 1. The van der Waals surface area contributed by atoms with E-state index in [9.17, 15) is 5.11 Å². The van der Waals surface area contributed by atoms with Crippen molar-refractivity contribution < 1.29 is 14.6 Å². The Balaban J connectivity index is 2.02. The normalized spacial score (nSPS) is 21.7. The Morgan fingerprint density at radius 1 is 1.50 bits per heavy atom. The highest BCUT2D eigenvalue weighted by atomic mass is 35.5. The molecule has 2 rings (SSSR count). The third-order valence-electron chi connectivity index (χ3n) is 3.62. The zero-order chi connectivity index (χ0) is 14.8. The van der Waals surface area contributed by atoms with Gasteiger partial charge in [0.25, 0.3) is 0 Å². The third-order valence-corrected chi connectivity index (χ3v) is 3.84. The molecule has 0 aromatic heterocycles. The summed E-state index contributed by atoms with van der Waals surface area (Å²) in [7, 11) is 1.52. The third kappa shape index (κ3) is 3.78. The predicted molar refractivity (Wildman–Crippen MR) is 79.6 cm³/mol. The topological polar surface area (TPSA) is 50.7 Å². The van der Waals surface area contributed by atoms with Crippen molar-refractivity contribution in [3.63, 3.8) is 0 Å². The molecule has 1 atom stereocenters. The molecule has 1 unspecified atom stereocenters. The van der Waals surface area contributed by atoms with Crippen LogP contribution in [0.5, 0.6) is 11.5 Å². The number of phenols is 1. The summed E-state index contributed by atoms with van der Waals surface area (Å²) in [4.78, 5) is 0. The summed E-state index contributed by atoms with van der Waals surface area (Å²) in [6.07, 6.45) is 1.92. The summed E-state index contributed by atoms with van der Waals surface area (Å²) in [6.45, 7) is 5.51. The predicted octanol–water partition coefficient (Wildman–Crippen LogP) is 3.10. The first kappa shape index (κ1) is 15.4. The summed E-state index contributed by atoms with van der Waals surface area (Å²) >= 11 is 6.03. The number of nitrogens with one attached hydrogen (secondary N) is 1. The van der Waals surface area contributed by atoms with Gasteiger partial charge in [-0.05, 0) is 32.8 Å². The molecule has 1 aliphatic heterocycles. The molecule has 0 radical (unpaired) electrons. The lowest BCUT2D eigenvalue weighted by atomic mass is 9.94. The van der Waals surface area contributed by atoms with Crippen LogP contribution in [0.4, 0.5) is 0 Å². The molecule has 0 aliphatic carbocycles. The summed E-state index contributed by atoms with van der Waals surface area (Å²) < 4.78 is 10.8. The maximum Gasteiger partial charge on any atom is 0.162 e. The molecular formula is C15H22ClNO3. The van der Waals surface area contributed by atoms with Crippen molar-refractivity contribution in [2.75, 3.05) is 13.7 Å². The minimum Gasteiger partial charge on any atom is -0.504 e. The number of methoxy groups -OCH3 is 1. The van der Waals surface area contributed by atoms with Gasteiger partial charge in [-0.2, -0.15) is 0 Å². The van der Waals surface area contributed by atoms with Gasteiger partial charge in [0.1, 0.15) is 0 Å². The molecule has 20 heavy (non-hydrogen) atoms. The van der Waals surface area contributed by atoms with Gasteiger partial charge in [0.15, 0.2) is 11.5 Å². The maximum absolute atomic E-state index is 10.1. The van der Waals surface area contributed by atoms with Crippen LogP contribution in [0.2, 0.25) is 5.02 Å². The molecule has 1 aliphatic rings. The SMILES string of the molecule is COc1cc(Cl)cc(CNC2CCOC(C)(C)C2)c1O. The van der Waals surface area contributed by atoms with Crippen LogP contribution in [0.15, 0.2) is 12.1 Å². The molecule has 1 saturated heterocycles. The lowest BCUT2D eigenvalue weighted by molar-refractivity contribution is -0.0630. The smallest absolute Gasteiger partial charge is 0.162 e. The van der Waals surface area contributed by atoms with Gasteiger partial charge >= 0.3 is 0 Å². The minimum absolute atomic E-state index is 0.0933. The first-order valence-corrected chi connectivity index (χ1v) is 7.22. The standard InChI is InChI=1S/C15H22ClNO3/c1-15(2)8-12(4-5-20-15)17-9-10-6-11(16)7-13(19-3)14(10)18/h6-7,12,17-18H,4-5,8-9H2,1-3H3. The Labute approximate surface area is 125 Å². The van der Waals surface area contributed by atoms with Gasteiger partial charge in [0, 0.05) is 35.8 Å². The molecular weight excluding hydrogens is 278 g/mol. The summed E-state index contributed by atoms with van der Waals surface area (Å²) in [5.41, 5.74) is 0.655. The number of rotatable bonds is 4. The van der Waals surface area contributed by atoms with E-state index in [1.165, 1.54) is 7.11 Å². The zero-order valence-corrected chi connectivity index (χ0v) is 13.0. The second-order valence-corrected chi connectivity index (χ2v) is 6.23. The van der Waals surface area contributed by atoms with Gasteiger partial charge in [-0.3, -0.25) is 0 Å². The van der Waals surface area contributed by atoms with Crippen molar-refractivity contribution in [3.05, 3.63) is 22.7 Å². The highest BCUT2D eigenvalue weighted by Crippen LogP contribution is 2.33. The minimum atomic E-state index is -0.0933. The number of ether oxygens (including phenoxy) is 2. The highest BCUT2D eigenvalue weighted by Gasteiger charge is 2.28. The van der Waals surface area contributed by atoms with Gasteiger partial charge in [0.2, 0.25) is 0 Å². The average Bonchev–Trinajstić information content (AvgIpc) is 2.38. The molecule has 1 fully saturated rings. The molecule has 0 bridgehead atoms. The number of benzene rings is 1. The lowest BCUT2D eigenvalue weighted by Crippen LogP contribution is -2.43. The van der Waals surface area contributed by atoms with E-state index in [1.54, 1.807) is 12.1 Å². The van der Waals surface area contributed by atoms with Crippen LogP contribution >= 0.6 is 11.6 Å². The van der Waals surface area contributed by atoms with E-state index in [1.807, 2.05) is 0 Å². The van der Waals surface area contributed by atoms with E-state index in [2.05, 4.69) is 19.2 Å². The van der Waals surface area contributed by atoms with Gasteiger partial charge in [-0.15, -0.1) is 0 Å². The molecule has 1 aromatic rings. The molecule has 1 heterocycles. The molecule has 4 nitrogen and oxygen atoms in total. The fraction of sp³-hybridized carbons (Fsp3) is 0.600. The van der Waals surface area contributed by atoms with Crippen LogP contribution in [0.1, 0.15) is 32.3 Å². The quantitative estimate of drug-likeness (QED) is 0.897. The monoisotopic (exact) mass is 299 g/mol. The number of hydrogen-bond donors (Lipinski definition) is 2. The van der Waals surface area contributed by atoms with Gasteiger partial charge in [-0.25, -0.2) is 0 Å². The van der Waals surface area contributed by atoms with Crippen molar-refractivity contribution in [2.45, 2.75) is 44.9 Å². The van der Waals surface area contributed by atoms with Crippen LogP contribution in [0, 0.1) is 0 Å². The van der Waals surface area contributed by atoms with Crippen molar-refractivity contribution in [1.29, 1.82) is 0 Å². The Hall–Kier alpha value is -0.970. The highest BCUT2D eigenvalue weighted by molar-refractivity contribution is 6.30. The van der Waals surface area contributed by atoms with E-state index in [4.69, 9.17) is 21.1 Å². The summed E-state index contributed by atoms with van der Waals surface area (Å²) in [6, 6.07) is 3.75. The van der Waals surface area contributed by atoms with Gasteiger partial charge in [0.05, 0.1) is 12.7 Å². The van der Waals surface area contributed by atoms with Crippen LogP contribution < -0.4 is 10.1 Å². The fourth-order valence-electron chi connectivity index (χ4n) is 2.58. The van der Waals surface area contributed by atoms with Crippen LogP contribution in [-0.4, -0.2) is 30.5 Å². The van der Waals surface area contributed by atoms with E-state index < -0.39 is 0 Å². The Kier molecular flexibility index (Phi) is 4.78. The van der Waals surface area contributed by atoms with E-state index in [-0.39, 0.29) is 11.4 Å². The molecule has 0 saturated carbocycles. The lowest BCUT2D eigenvalue weighted by Gasteiger charge is -2.36. The number of aromatic hydroxyl groups is 1. The Morgan fingerprint density at radius 2 is 2.25 bits per heavy atom.